The van der Waals surface area contributed by atoms with Crippen LogP contribution < -0.4 is 0 Å². The van der Waals surface area contributed by atoms with E-state index in [-0.39, 0.29) is 5.97 Å². The van der Waals surface area contributed by atoms with Gasteiger partial charge in [0.25, 0.3) is 0 Å². The first kappa shape index (κ1) is 53.8. The molecule has 0 saturated heterocycles. The summed E-state index contributed by atoms with van der Waals surface area (Å²) in [6.07, 6.45) is 25.2. The van der Waals surface area contributed by atoms with E-state index < -0.39 is 0 Å². The van der Waals surface area contributed by atoms with Crippen molar-refractivity contribution in [1.82, 2.24) is 0 Å². The Kier molecular flexibility index (Phi) is 50.7. The van der Waals surface area contributed by atoms with Crippen molar-refractivity contribution in [2.45, 2.75) is 135 Å². The Balaban J connectivity index is 3.12. The van der Waals surface area contributed by atoms with E-state index in [1.807, 2.05) is 0 Å². The lowest BCUT2D eigenvalue weighted by molar-refractivity contribution is -0.145. The number of esters is 1. The maximum Gasteiger partial charge on any atom is 0.305 e. The molecule has 0 heterocycles. The average Bonchev–Trinajstić information content (AvgIpc) is 3.18. The average molecular weight is 891 g/mol. The Morgan fingerprint density at radius 1 is 0.315 bits per heavy atom. The highest BCUT2D eigenvalue weighted by molar-refractivity contribution is 14.1. The number of alkyl halides is 1. The maximum atomic E-state index is 11.9. The van der Waals surface area contributed by atoms with Gasteiger partial charge in [-0.2, -0.15) is 0 Å². The highest BCUT2D eigenvalue weighted by atomic mass is 127. The van der Waals surface area contributed by atoms with Crippen LogP contribution >= 0.6 is 22.6 Å². The summed E-state index contributed by atoms with van der Waals surface area (Å²) in [7, 11) is 0. The summed E-state index contributed by atoms with van der Waals surface area (Å²) in [5, 5.41) is 0. The minimum absolute atomic E-state index is 0.126. The number of ether oxygens (including phenoxy) is 10. The molecule has 0 atom stereocenters. The van der Waals surface area contributed by atoms with Crippen LogP contribution in [0.2, 0.25) is 0 Å². The highest BCUT2D eigenvalue weighted by Crippen LogP contribution is 2.14. The van der Waals surface area contributed by atoms with Crippen LogP contribution in [0, 0.1) is 0 Å². The van der Waals surface area contributed by atoms with Gasteiger partial charge in [0.15, 0.2) is 0 Å². The molecule has 54 heavy (non-hydrogen) atoms. The molecule has 11 nitrogen and oxygen atoms in total. The zero-order valence-electron chi connectivity index (χ0n) is 34.7. The van der Waals surface area contributed by atoms with Crippen LogP contribution in [-0.4, -0.2) is 136 Å². The van der Waals surface area contributed by atoms with Crippen LogP contribution in [0.1, 0.15) is 135 Å². The smallest absolute Gasteiger partial charge is 0.305 e. The van der Waals surface area contributed by atoms with Crippen molar-refractivity contribution >= 4 is 28.6 Å². The molecule has 0 aromatic rings. The molecule has 0 bridgehead atoms. The third-order valence-corrected chi connectivity index (χ3v) is 9.39. The van der Waals surface area contributed by atoms with Crippen molar-refractivity contribution in [2.75, 3.05) is 130 Å². The van der Waals surface area contributed by atoms with Crippen LogP contribution in [0.5, 0.6) is 0 Å². The number of carbonyl (C=O) groups is 1. The summed E-state index contributed by atoms with van der Waals surface area (Å²) in [4.78, 5) is 11.9. The third-order valence-electron chi connectivity index (χ3n) is 8.62. The molecule has 0 aliphatic heterocycles. The zero-order chi connectivity index (χ0) is 38.9. The molecule has 0 aliphatic carbocycles. The number of hydrogen-bond donors (Lipinski definition) is 0. The van der Waals surface area contributed by atoms with Gasteiger partial charge in [-0.05, 0) is 23.7 Å². The molecule has 0 radical (unpaired) electrons. The first-order chi connectivity index (χ1) is 26.8. The second kappa shape index (κ2) is 50.9. The molecule has 0 aromatic heterocycles. The molecule has 0 fully saturated rings. The van der Waals surface area contributed by atoms with Gasteiger partial charge in [-0.25, -0.2) is 0 Å². The Labute approximate surface area is 344 Å². The van der Waals surface area contributed by atoms with Gasteiger partial charge in [-0.15, -0.1) is 0 Å². The lowest BCUT2D eigenvalue weighted by Crippen LogP contribution is -2.15. The fraction of sp³-hybridized carbons (Fsp3) is 0.976. The summed E-state index contributed by atoms with van der Waals surface area (Å²) in [5.74, 6) is -0.126. The Morgan fingerprint density at radius 3 is 0.907 bits per heavy atom. The molecule has 324 valence electrons. The number of hydrogen-bond acceptors (Lipinski definition) is 11. The second-order valence-electron chi connectivity index (χ2n) is 13.5. The molecule has 12 heteroatoms. The van der Waals surface area contributed by atoms with Crippen LogP contribution in [0.4, 0.5) is 0 Å². The largest absolute Gasteiger partial charge is 0.463 e. The van der Waals surface area contributed by atoms with Crippen LogP contribution in [0.15, 0.2) is 0 Å². The summed E-state index contributed by atoms with van der Waals surface area (Å²) in [6, 6.07) is 0. The van der Waals surface area contributed by atoms with Crippen molar-refractivity contribution in [3.63, 3.8) is 0 Å². The normalized spacial score (nSPS) is 11.5. The fourth-order valence-corrected chi connectivity index (χ4v) is 5.98. The van der Waals surface area contributed by atoms with Crippen molar-refractivity contribution < 1.29 is 52.2 Å². The summed E-state index contributed by atoms with van der Waals surface area (Å²) < 4.78 is 56.1. The molecular formula is C42H83IO11. The minimum Gasteiger partial charge on any atom is -0.463 e. The zero-order valence-corrected chi connectivity index (χ0v) is 36.8. The number of carbonyl (C=O) groups excluding carboxylic acids is 1. The van der Waals surface area contributed by atoms with Gasteiger partial charge in [0.2, 0.25) is 0 Å². The van der Waals surface area contributed by atoms with E-state index in [9.17, 15) is 4.79 Å². The lowest BCUT2D eigenvalue weighted by atomic mass is 10.0. The maximum absolute atomic E-state index is 11.9. The highest BCUT2D eigenvalue weighted by Gasteiger charge is 2.03. The van der Waals surface area contributed by atoms with E-state index in [0.717, 1.165) is 25.9 Å². The molecule has 0 unspecified atom stereocenters. The van der Waals surface area contributed by atoms with E-state index >= 15 is 0 Å². The van der Waals surface area contributed by atoms with Crippen LogP contribution in [-0.2, 0) is 52.2 Å². The summed E-state index contributed by atoms with van der Waals surface area (Å²) >= 11 is 2.42. The monoisotopic (exact) mass is 890 g/mol. The number of rotatable bonds is 49. The summed E-state index contributed by atoms with van der Waals surface area (Å²) in [6.45, 7) is 12.2. The van der Waals surface area contributed by atoms with E-state index in [0.29, 0.717) is 125 Å². The topological polar surface area (TPSA) is 109 Å². The lowest BCUT2D eigenvalue weighted by Gasteiger charge is -2.09. The van der Waals surface area contributed by atoms with Gasteiger partial charge in [0, 0.05) is 13.0 Å². The molecule has 0 amide bonds. The minimum atomic E-state index is -0.126. The van der Waals surface area contributed by atoms with Crippen LogP contribution in [0.3, 0.4) is 0 Å². The first-order valence-corrected chi connectivity index (χ1v) is 23.2. The molecule has 0 aliphatic rings. The van der Waals surface area contributed by atoms with Crippen molar-refractivity contribution in [3.05, 3.63) is 0 Å². The van der Waals surface area contributed by atoms with E-state index in [1.165, 1.54) is 107 Å². The van der Waals surface area contributed by atoms with Crippen LogP contribution in [0.25, 0.3) is 0 Å². The number of unbranched alkanes of at least 4 members (excludes halogenated alkanes) is 17. The third kappa shape index (κ3) is 49.9. The van der Waals surface area contributed by atoms with Gasteiger partial charge in [0.1, 0.15) is 6.61 Å². The first-order valence-electron chi connectivity index (χ1n) is 21.7. The fourth-order valence-electron chi connectivity index (χ4n) is 5.44. The van der Waals surface area contributed by atoms with Gasteiger partial charge in [0.05, 0.1) is 112 Å². The van der Waals surface area contributed by atoms with Crippen molar-refractivity contribution in [3.8, 4) is 0 Å². The SMILES string of the molecule is CCCCCCCCCCCCCCCCCC(=O)OCCOCCOCCOCCOCCOCCOCCOCCOCCOCCCCCCI. The molecule has 0 aromatic carbocycles. The van der Waals surface area contributed by atoms with E-state index in [2.05, 4.69) is 29.5 Å². The van der Waals surface area contributed by atoms with Crippen molar-refractivity contribution in [1.29, 1.82) is 0 Å². The Bertz CT molecular complexity index is 693. The van der Waals surface area contributed by atoms with Crippen molar-refractivity contribution in [2.24, 2.45) is 0 Å². The van der Waals surface area contributed by atoms with Gasteiger partial charge >= 0.3 is 5.97 Å². The van der Waals surface area contributed by atoms with Gasteiger partial charge in [-0.3, -0.25) is 4.79 Å². The second-order valence-corrected chi connectivity index (χ2v) is 14.6. The molecule has 0 spiro atoms. The molecular weight excluding hydrogens is 807 g/mol. The van der Waals surface area contributed by atoms with E-state index in [1.54, 1.807) is 0 Å². The van der Waals surface area contributed by atoms with E-state index in [4.69, 9.17) is 47.4 Å². The summed E-state index contributed by atoms with van der Waals surface area (Å²) in [5.41, 5.74) is 0. The standard InChI is InChI=1S/C42H83IO11/c1-2-3-4-5-6-7-8-9-10-11-12-13-14-15-18-21-42(44)54-41-40-53-39-38-52-37-36-51-35-34-50-33-32-49-31-30-48-29-28-47-27-26-46-25-24-45-23-20-17-16-19-22-43/h2-41H2,1H3. The molecule has 0 saturated carbocycles. The molecule has 0 rings (SSSR count). The van der Waals surface area contributed by atoms with Gasteiger partial charge < -0.3 is 47.4 Å². The van der Waals surface area contributed by atoms with Gasteiger partial charge in [-0.1, -0.05) is 132 Å². The predicted octanol–water partition coefficient (Wildman–Crippen LogP) is 8.94. The molecule has 0 N–H and O–H groups in total. The number of halogens is 1. The Hall–Kier alpha value is -0.160. The predicted molar refractivity (Wildman–Crippen MR) is 225 cm³/mol. The quantitative estimate of drug-likeness (QED) is 0.0253. The Morgan fingerprint density at radius 2 is 0.574 bits per heavy atom.